The first-order chi connectivity index (χ1) is 10.4. The van der Waals surface area contributed by atoms with Crippen LogP contribution in [0, 0.1) is 0 Å². The second-order valence-corrected chi connectivity index (χ2v) is 7.94. The molecule has 1 aromatic carbocycles. The molecule has 1 fully saturated rings. The standard InChI is InChI=1S/C15H21N3O3S.ClH/c1-22(20,21)18-8-5-13(6-9-18)17-15(19)12-2-3-14-11(10-12)4-7-16-14;/h2-3,10,13,16H,4-9H2,1H3,(H,17,19);1H. The summed E-state index contributed by atoms with van der Waals surface area (Å²) in [6.07, 6.45) is 3.49. The van der Waals surface area contributed by atoms with Crippen molar-refractivity contribution in [3.8, 4) is 0 Å². The lowest BCUT2D eigenvalue weighted by Crippen LogP contribution is -2.46. The molecule has 1 aromatic rings. The van der Waals surface area contributed by atoms with Crippen molar-refractivity contribution in [2.24, 2.45) is 0 Å². The molecule has 23 heavy (non-hydrogen) atoms. The Kier molecular flexibility index (Phi) is 5.54. The van der Waals surface area contributed by atoms with Gasteiger partial charge in [0.15, 0.2) is 0 Å². The Morgan fingerprint density at radius 1 is 1.30 bits per heavy atom. The number of carbonyl (C=O) groups is 1. The monoisotopic (exact) mass is 359 g/mol. The van der Waals surface area contributed by atoms with E-state index < -0.39 is 10.0 Å². The van der Waals surface area contributed by atoms with Crippen LogP contribution in [-0.2, 0) is 16.4 Å². The molecule has 128 valence electrons. The molecule has 0 radical (unpaired) electrons. The van der Waals surface area contributed by atoms with Gasteiger partial charge in [0, 0.05) is 36.9 Å². The van der Waals surface area contributed by atoms with E-state index in [1.165, 1.54) is 16.1 Å². The predicted octanol–water partition coefficient (Wildman–Crippen LogP) is 1.23. The second-order valence-electron chi connectivity index (χ2n) is 5.96. The number of halogens is 1. The summed E-state index contributed by atoms with van der Waals surface area (Å²) >= 11 is 0. The van der Waals surface area contributed by atoms with E-state index in [2.05, 4.69) is 10.6 Å². The fourth-order valence-corrected chi connectivity index (χ4v) is 3.92. The van der Waals surface area contributed by atoms with Crippen molar-refractivity contribution in [3.05, 3.63) is 29.3 Å². The van der Waals surface area contributed by atoms with Gasteiger partial charge in [-0.05, 0) is 43.0 Å². The van der Waals surface area contributed by atoms with E-state index >= 15 is 0 Å². The summed E-state index contributed by atoms with van der Waals surface area (Å²) in [7, 11) is -3.12. The Hall–Kier alpha value is -1.31. The lowest BCUT2D eigenvalue weighted by atomic mass is 10.0. The summed E-state index contributed by atoms with van der Waals surface area (Å²) in [4.78, 5) is 12.3. The van der Waals surface area contributed by atoms with E-state index in [-0.39, 0.29) is 24.4 Å². The number of benzene rings is 1. The molecule has 3 rings (SSSR count). The molecule has 0 bridgehead atoms. The fourth-order valence-electron chi connectivity index (χ4n) is 3.05. The summed E-state index contributed by atoms with van der Waals surface area (Å²) < 4.78 is 24.4. The highest BCUT2D eigenvalue weighted by Crippen LogP contribution is 2.23. The maximum atomic E-state index is 12.3. The molecule has 1 amide bonds. The van der Waals surface area contributed by atoms with Crippen molar-refractivity contribution in [2.75, 3.05) is 31.2 Å². The van der Waals surface area contributed by atoms with Gasteiger partial charge in [-0.1, -0.05) is 0 Å². The quantitative estimate of drug-likeness (QED) is 0.850. The van der Waals surface area contributed by atoms with Crippen LogP contribution >= 0.6 is 12.4 Å². The Labute approximate surface area is 143 Å². The minimum absolute atomic E-state index is 0. The van der Waals surface area contributed by atoms with Crippen LogP contribution in [0.25, 0.3) is 0 Å². The number of anilines is 1. The molecule has 0 spiro atoms. The van der Waals surface area contributed by atoms with Gasteiger partial charge in [0.05, 0.1) is 6.26 Å². The number of hydrogen-bond acceptors (Lipinski definition) is 4. The van der Waals surface area contributed by atoms with Gasteiger partial charge in [-0.25, -0.2) is 12.7 Å². The van der Waals surface area contributed by atoms with E-state index in [0.29, 0.717) is 31.5 Å². The number of rotatable bonds is 3. The molecule has 0 aliphatic carbocycles. The third-order valence-corrected chi connectivity index (χ3v) is 5.64. The topological polar surface area (TPSA) is 78.5 Å². The van der Waals surface area contributed by atoms with Gasteiger partial charge in [-0.2, -0.15) is 0 Å². The third kappa shape index (κ3) is 4.16. The van der Waals surface area contributed by atoms with E-state index in [1.807, 2.05) is 18.2 Å². The SMILES string of the molecule is CS(=O)(=O)N1CCC(NC(=O)c2ccc3c(c2)CCN3)CC1.Cl. The van der Waals surface area contributed by atoms with Crippen LogP contribution in [0.2, 0.25) is 0 Å². The Morgan fingerprint density at radius 2 is 2.00 bits per heavy atom. The fraction of sp³-hybridized carbons (Fsp3) is 0.533. The molecular weight excluding hydrogens is 338 g/mol. The number of carbonyl (C=O) groups excluding carboxylic acids is 1. The van der Waals surface area contributed by atoms with Gasteiger partial charge in [-0.15, -0.1) is 12.4 Å². The van der Waals surface area contributed by atoms with Crippen LogP contribution in [0.1, 0.15) is 28.8 Å². The van der Waals surface area contributed by atoms with Crippen molar-refractivity contribution in [2.45, 2.75) is 25.3 Å². The minimum atomic E-state index is -3.12. The van der Waals surface area contributed by atoms with Gasteiger partial charge in [0.1, 0.15) is 0 Å². The summed E-state index contributed by atoms with van der Waals surface area (Å²) in [5.41, 5.74) is 2.96. The summed E-state index contributed by atoms with van der Waals surface area (Å²) in [5, 5.41) is 6.29. The Bertz CT molecular complexity index is 685. The third-order valence-electron chi connectivity index (χ3n) is 4.34. The average Bonchev–Trinajstić information content (AvgIpc) is 2.94. The molecule has 0 unspecified atom stereocenters. The van der Waals surface area contributed by atoms with E-state index in [9.17, 15) is 13.2 Å². The number of hydrogen-bond donors (Lipinski definition) is 2. The molecule has 2 aliphatic rings. The molecule has 2 heterocycles. The van der Waals surface area contributed by atoms with Gasteiger partial charge < -0.3 is 10.6 Å². The van der Waals surface area contributed by atoms with Crippen LogP contribution in [0.5, 0.6) is 0 Å². The van der Waals surface area contributed by atoms with Crippen LogP contribution in [-0.4, -0.2) is 50.6 Å². The maximum absolute atomic E-state index is 12.3. The lowest BCUT2D eigenvalue weighted by Gasteiger charge is -2.30. The smallest absolute Gasteiger partial charge is 0.251 e. The highest BCUT2D eigenvalue weighted by Gasteiger charge is 2.26. The van der Waals surface area contributed by atoms with Gasteiger partial charge in [0.2, 0.25) is 10.0 Å². The molecule has 2 N–H and O–H groups in total. The van der Waals surface area contributed by atoms with Crippen LogP contribution in [0.3, 0.4) is 0 Å². The van der Waals surface area contributed by atoms with Crippen LogP contribution in [0.4, 0.5) is 5.69 Å². The van der Waals surface area contributed by atoms with E-state index in [1.54, 1.807) is 0 Å². The van der Waals surface area contributed by atoms with E-state index in [0.717, 1.165) is 18.7 Å². The van der Waals surface area contributed by atoms with Crippen LogP contribution in [0.15, 0.2) is 18.2 Å². The number of amides is 1. The average molecular weight is 360 g/mol. The van der Waals surface area contributed by atoms with Crippen molar-refractivity contribution < 1.29 is 13.2 Å². The van der Waals surface area contributed by atoms with Crippen LogP contribution < -0.4 is 10.6 Å². The van der Waals surface area contributed by atoms with Crippen molar-refractivity contribution in [1.29, 1.82) is 0 Å². The summed E-state index contributed by atoms with van der Waals surface area (Å²) in [6.45, 7) is 1.86. The highest BCUT2D eigenvalue weighted by molar-refractivity contribution is 7.88. The Balaban J connectivity index is 0.00000192. The first-order valence-electron chi connectivity index (χ1n) is 7.56. The number of piperidine rings is 1. The maximum Gasteiger partial charge on any atom is 0.251 e. The molecule has 6 nitrogen and oxygen atoms in total. The predicted molar refractivity (Wildman–Crippen MR) is 92.8 cm³/mol. The summed E-state index contributed by atoms with van der Waals surface area (Å²) in [6, 6.07) is 5.76. The van der Waals surface area contributed by atoms with Gasteiger partial charge >= 0.3 is 0 Å². The lowest BCUT2D eigenvalue weighted by molar-refractivity contribution is 0.0924. The Morgan fingerprint density at radius 3 is 2.65 bits per heavy atom. The summed E-state index contributed by atoms with van der Waals surface area (Å²) in [5.74, 6) is -0.0764. The molecule has 0 atom stereocenters. The molecular formula is C15H22ClN3O3S. The number of sulfonamides is 1. The molecule has 0 saturated carbocycles. The second kappa shape index (κ2) is 7.07. The first kappa shape index (κ1) is 18.0. The van der Waals surface area contributed by atoms with Gasteiger partial charge in [-0.3, -0.25) is 4.79 Å². The van der Waals surface area contributed by atoms with Crippen molar-refractivity contribution in [1.82, 2.24) is 9.62 Å². The largest absolute Gasteiger partial charge is 0.384 e. The zero-order valence-corrected chi connectivity index (χ0v) is 14.7. The van der Waals surface area contributed by atoms with Crippen molar-refractivity contribution in [3.63, 3.8) is 0 Å². The molecule has 0 aromatic heterocycles. The molecule has 1 saturated heterocycles. The zero-order valence-electron chi connectivity index (χ0n) is 13.0. The first-order valence-corrected chi connectivity index (χ1v) is 9.41. The minimum Gasteiger partial charge on any atom is -0.384 e. The number of fused-ring (bicyclic) bond motifs is 1. The highest BCUT2D eigenvalue weighted by atomic mass is 35.5. The van der Waals surface area contributed by atoms with E-state index in [4.69, 9.17) is 0 Å². The van der Waals surface area contributed by atoms with Gasteiger partial charge in [0.25, 0.3) is 5.91 Å². The number of nitrogens with one attached hydrogen (secondary N) is 2. The van der Waals surface area contributed by atoms with Crippen molar-refractivity contribution >= 4 is 34.0 Å². The molecule has 2 aliphatic heterocycles. The normalized spacial score (nSPS) is 18.7. The zero-order chi connectivity index (χ0) is 15.7. The number of nitrogens with zero attached hydrogens (tertiary/aromatic N) is 1. The molecule has 8 heteroatoms.